The maximum absolute atomic E-state index is 5.70. The van der Waals surface area contributed by atoms with E-state index in [0.717, 1.165) is 36.7 Å². The summed E-state index contributed by atoms with van der Waals surface area (Å²) in [6.45, 7) is 8.25. The van der Waals surface area contributed by atoms with Crippen LogP contribution < -0.4 is 10.6 Å². The highest BCUT2D eigenvalue weighted by Gasteiger charge is 2.19. The van der Waals surface area contributed by atoms with Crippen molar-refractivity contribution in [1.82, 2.24) is 14.7 Å². The van der Waals surface area contributed by atoms with Gasteiger partial charge in [0.25, 0.3) is 0 Å². The minimum absolute atomic E-state index is 0.338. The molecule has 2 aromatic rings. The number of nitrogens with zero attached hydrogens (tertiary/aromatic N) is 2. The van der Waals surface area contributed by atoms with Gasteiger partial charge in [-0.25, -0.2) is 4.98 Å². The van der Waals surface area contributed by atoms with Crippen LogP contribution in [-0.4, -0.2) is 42.7 Å². The lowest BCUT2D eigenvalue weighted by molar-refractivity contribution is 0.120. The standard InChI is InChI=1S/C16H23N3O.C2H7N/c1-11(2)14-16(17-10-13-7-5-9-20-13)19-8-4-6-12(3)15(19)18-14;1-3-2/h4,6,8,11,13,17H,5,7,9-10H2,1-3H3;3H,1-2H3. The zero-order valence-corrected chi connectivity index (χ0v) is 15.0. The Morgan fingerprint density at radius 2 is 2.13 bits per heavy atom. The van der Waals surface area contributed by atoms with Crippen molar-refractivity contribution in [2.45, 2.75) is 45.6 Å². The second-order valence-corrected chi connectivity index (χ2v) is 6.40. The number of ether oxygens (including phenoxy) is 1. The van der Waals surface area contributed by atoms with Crippen molar-refractivity contribution in [3.8, 4) is 0 Å². The van der Waals surface area contributed by atoms with Gasteiger partial charge in [0.1, 0.15) is 11.5 Å². The van der Waals surface area contributed by atoms with E-state index in [1.165, 1.54) is 12.0 Å². The van der Waals surface area contributed by atoms with Crippen LogP contribution >= 0.6 is 0 Å². The zero-order valence-electron chi connectivity index (χ0n) is 15.0. The molecule has 0 amide bonds. The largest absolute Gasteiger partial charge is 0.376 e. The molecule has 0 bridgehead atoms. The average Bonchev–Trinajstić information content (AvgIpc) is 3.13. The first-order chi connectivity index (χ1) is 11.1. The van der Waals surface area contributed by atoms with Crippen molar-refractivity contribution in [2.24, 2.45) is 0 Å². The average molecular weight is 318 g/mol. The van der Waals surface area contributed by atoms with Gasteiger partial charge in [-0.3, -0.25) is 4.40 Å². The van der Waals surface area contributed by atoms with Crippen LogP contribution in [-0.2, 0) is 4.74 Å². The van der Waals surface area contributed by atoms with E-state index < -0.39 is 0 Å². The molecule has 0 spiro atoms. The number of nitrogens with one attached hydrogen (secondary N) is 2. The van der Waals surface area contributed by atoms with Crippen LogP contribution in [0.2, 0.25) is 0 Å². The number of hydrogen-bond donors (Lipinski definition) is 2. The van der Waals surface area contributed by atoms with E-state index in [4.69, 9.17) is 9.72 Å². The van der Waals surface area contributed by atoms with Gasteiger partial charge in [-0.2, -0.15) is 0 Å². The lowest BCUT2D eigenvalue weighted by Crippen LogP contribution is -2.20. The Balaban J connectivity index is 0.000000595. The number of pyridine rings is 1. The van der Waals surface area contributed by atoms with Gasteiger partial charge < -0.3 is 15.4 Å². The van der Waals surface area contributed by atoms with E-state index in [9.17, 15) is 0 Å². The predicted octanol–water partition coefficient (Wildman–Crippen LogP) is 3.19. The first-order valence-electron chi connectivity index (χ1n) is 8.50. The molecule has 3 rings (SSSR count). The fourth-order valence-electron chi connectivity index (χ4n) is 2.82. The maximum Gasteiger partial charge on any atom is 0.141 e. The Labute approximate surface area is 139 Å². The SMILES string of the molecule is CNC.Cc1cccn2c(NCC3CCCO3)c(C(C)C)nc12. The minimum Gasteiger partial charge on any atom is -0.376 e. The highest BCUT2D eigenvalue weighted by molar-refractivity contribution is 5.59. The number of imidazole rings is 1. The summed E-state index contributed by atoms with van der Waals surface area (Å²) in [6.07, 6.45) is 4.75. The van der Waals surface area contributed by atoms with Gasteiger partial charge in [0.15, 0.2) is 0 Å². The monoisotopic (exact) mass is 318 g/mol. The summed E-state index contributed by atoms with van der Waals surface area (Å²) in [5, 5.41) is 6.31. The fraction of sp³-hybridized carbons (Fsp3) is 0.611. The van der Waals surface area contributed by atoms with Gasteiger partial charge in [0, 0.05) is 19.3 Å². The third-order valence-electron chi connectivity index (χ3n) is 3.94. The molecule has 3 heterocycles. The third-order valence-corrected chi connectivity index (χ3v) is 3.94. The zero-order chi connectivity index (χ0) is 16.8. The number of aromatic nitrogens is 2. The Hall–Kier alpha value is -1.59. The van der Waals surface area contributed by atoms with E-state index in [1.807, 2.05) is 14.1 Å². The van der Waals surface area contributed by atoms with Crippen molar-refractivity contribution in [1.29, 1.82) is 0 Å². The van der Waals surface area contributed by atoms with E-state index in [0.29, 0.717) is 12.0 Å². The summed E-state index contributed by atoms with van der Waals surface area (Å²) in [6, 6.07) is 4.18. The molecule has 5 nitrogen and oxygen atoms in total. The molecule has 1 atom stereocenters. The van der Waals surface area contributed by atoms with Crippen LogP contribution in [0.4, 0.5) is 5.82 Å². The molecule has 23 heavy (non-hydrogen) atoms. The van der Waals surface area contributed by atoms with Crippen LogP contribution in [0.1, 0.15) is 43.9 Å². The molecule has 128 valence electrons. The first-order valence-corrected chi connectivity index (χ1v) is 8.50. The summed E-state index contributed by atoms with van der Waals surface area (Å²) < 4.78 is 7.86. The van der Waals surface area contributed by atoms with E-state index in [1.54, 1.807) is 0 Å². The molecule has 1 fully saturated rings. The second kappa shape index (κ2) is 8.31. The Morgan fingerprint density at radius 1 is 1.39 bits per heavy atom. The molecule has 2 aromatic heterocycles. The first kappa shape index (κ1) is 17.8. The van der Waals surface area contributed by atoms with Crippen molar-refractivity contribution >= 4 is 11.5 Å². The van der Waals surface area contributed by atoms with E-state index in [-0.39, 0.29) is 0 Å². The molecular formula is C18H30N4O. The van der Waals surface area contributed by atoms with Gasteiger partial charge in [0.05, 0.1) is 11.8 Å². The number of rotatable bonds is 4. The van der Waals surface area contributed by atoms with Crippen molar-refractivity contribution < 1.29 is 4.74 Å². The Morgan fingerprint density at radius 3 is 2.74 bits per heavy atom. The molecular weight excluding hydrogens is 288 g/mol. The molecule has 0 aliphatic carbocycles. The number of fused-ring (bicyclic) bond motifs is 1. The van der Waals surface area contributed by atoms with Crippen LogP contribution in [0.5, 0.6) is 0 Å². The normalized spacial score (nSPS) is 17.4. The van der Waals surface area contributed by atoms with E-state index in [2.05, 4.69) is 54.1 Å². The summed E-state index contributed by atoms with van der Waals surface area (Å²) in [5.74, 6) is 1.52. The molecule has 0 aromatic carbocycles. The highest BCUT2D eigenvalue weighted by Crippen LogP contribution is 2.27. The minimum atomic E-state index is 0.338. The smallest absolute Gasteiger partial charge is 0.141 e. The van der Waals surface area contributed by atoms with Crippen LogP contribution in [0, 0.1) is 6.92 Å². The quantitative estimate of drug-likeness (QED) is 0.909. The molecule has 0 saturated carbocycles. The summed E-state index contributed by atoms with van der Waals surface area (Å²) in [5.41, 5.74) is 3.39. The number of anilines is 1. The van der Waals surface area contributed by atoms with Gasteiger partial charge in [-0.1, -0.05) is 19.9 Å². The van der Waals surface area contributed by atoms with Crippen LogP contribution in [0.25, 0.3) is 5.65 Å². The molecule has 1 aliphatic heterocycles. The molecule has 5 heteroatoms. The molecule has 0 radical (unpaired) electrons. The molecule has 1 unspecified atom stereocenters. The van der Waals surface area contributed by atoms with Crippen LogP contribution in [0.15, 0.2) is 18.3 Å². The second-order valence-electron chi connectivity index (χ2n) is 6.40. The van der Waals surface area contributed by atoms with Gasteiger partial charge in [-0.05, 0) is 51.4 Å². The molecule has 2 N–H and O–H groups in total. The topological polar surface area (TPSA) is 50.6 Å². The predicted molar refractivity (Wildman–Crippen MR) is 96.5 cm³/mol. The summed E-state index contributed by atoms with van der Waals surface area (Å²) >= 11 is 0. The number of aryl methyl sites for hydroxylation is 1. The van der Waals surface area contributed by atoms with Crippen LogP contribution in [0.3, 0.4) is 0 Å². The lowest BCUT2D eigenvalue weighted by Gasteiger charge is -2.14. The maximum atomic E-state index is 5.70. The highest BCUT2D eigenvalue weighted by atomic mass is 16.5. The molecule has 1 aliphatic rings. The Kier molecular flexibility index (Phi) is 6.42. The lowest BCUT2D eigenvalue weighted by atomic mass is 10.1. The summed E-state index contributed by atoms with van der Waals surface area (Å²) in [4.78, 5) is 4.82. The van der Waals surface area contributed by atoms with Crippen molar-refractivity contribution in [3.63, 3.8) is 0 Å². The van der Waals surface area contributed by atoms with Crippen molar-refractivity contribution in [3.05, 3.63) is 29.6 Å². The van der Waals surface area contributed by atoms with Gasteiger partial charge in [0.2, 0.25) is 0 Å². The Bertz CT molecular complexity index is 615. The van der Waals surface area contributed by atoms with Crippen molar-refractivity contribution in [2.75, 3.05) is 32.6 Å². The van der Waals surface area contributed by atoms with Gasteiger partial charge >= 0.3 is 0 Å². The molecule has 1 saturated heterocycles. The van der Waals surface area contributed by atoms with E-state index >= 15 is 0 Å². The summed E-state index contributed by atoms with van der Waals surface area (Å²) in [7, 11) is 3.75. The van der Waals surface area contributed by atoms with Gasteiger partial charge in [-0.15, -0.1) is 0 Å². The third kappa shape index (κ3) is 4.24. The fourth-order valence-corrected chi connectivity index (χ4v) is 2.82. The number of hydrogen-bond acceptors (Lipinski definition) is 4.